The number of carbonyl (C=O) groups excluding carboxylic acids is 3. The van der Waals surface area contributed by atoms with Crippen molar-refractivity contribution >= 4 is 41.0 Å². The van der Waals surface area contributed by atoms with E-state index in [-0.39, 0.29) is 43.3 Å². The Bertz CT molecular complexity index is 1070. The van der Waals surface area contributed by atoms with Crippen LogP contribution in [0, 0.1) is 11.8 Å². The van der Waals surface area contributed by atoms with Gasteiger partial charge in [-0.1, -0.05) is 47.5 Å². The Kier molecular flexibility index (Phi) is 8.34. The molecule has 1 saturated carbocycles. The van der Waals surface area contributed by atoms with Crippen molar-refractivity contribution in [3.63, 3.8) is 0 Å². The molecule has 0 aromatic heterocycles. The molecule has 186 valence electrons. The van der Waals surface area contributed by atoms with E-state index in [1.54, 1.807) is 6.92 Å². The number of piperidine rings is 1. The van der Waals surface area contributed by atoms with E-state index in [1.807, 2.05) is 53.4 Å². The predicted octanol–water partition coefficient (Wildman–Crippen LogP) is 5.15. The summed E-state index contributed by atoms with van der Waals surface area (Å²) in [6, 6.07) is 15.2. The number of rotatable bonds is 9. The Morgan fingerprint density at radius 3 is 2.46 bits per heavy atom. The summed E-state index contributed by atoms with van der Waals surface area (Å²) in [5, 5.41) is 3.87. The van der Waals surface area contributed by atoms with Gasteiger partial charge >= 0.3 is 5.97 Å². The van der Waals surface area contributed by atoms with Crippen LogP contribution in [0.4, 0.5) is 0 Å². The molecule has 1 aliphatic heterocycles. The number of carbonyl (C=O) groups is 3. The average Bonchev–Trinajstić information content (AvgIpc) is 3.65. The van der Waals surface area contributed by atoms with E-state index < -0.39 is 11.9 Å². The van der Waals surface area contributed by atoms with Gasteiger partial charge in [-0.2, -0.15) is 0 Å². The van der Waals surface area contributed by atoms with E-state index in [1.165, 1.54) is 0 Å². The molecule has 1 N–H and O–H groups in total. The van der Waals surface area contributed by atoms with Crippen LogP contribution in [0.1, 0.15) is 55.7 Å². The van der Waals surface area contributed by atoms with Gasteiger partial charge in [0.25, 0.3) is 0 Å². The molecule has 1 saturated heterocycles. The highest BCUT2D eigenvalue weighted by Crippen LogP contribution is 2.48. The molecule has 1 aliphatic carbocycles. The topological polar surface area (TPSA) is 75.7 Å². The second kappa shape index (κ2) is 11.4. The molecule has 6 nitrogen and oxygen atoms in total. The highest BCUT2D eigenvalue weighted by Gasteiger charge is 2.45. The highest BCUT2D eigenvalue weighted by atomic mass is 35.5. The van der Waals surface area contributed by atoms with E-state index >= 15 is 0 Å². The summed E-state index contributed by atoms with van der Waals surface area (Å²) in [5.41, 5.74) is 2.04. The molecule has 0 spiro atoms. The van der Waals surface area contributed by atoms with Crippen LogP contribution in [-0.4, -0.2) is 42.4 Å². The van der Waals surface area contributed by atoms with Gasteiger partial charge in [-0.25, -0.2) is 0 Å². The molecule has 0 bridgehead atoms. The minimum Gasteiger partial charge on any atom is -0.465 e. The lowest BCUT2D eigenvalue weighted by Gasteiger charge is -2.45. The van der Waals surface area contributed by atoms with E-state index in [2.05, 4.69) is 5.32 Å². The lowest BCUT2D eigenvalue weighted by Crippen LogP contribution is -2.49. The van der Waals surface area contributed by atoms with Crippen LogP contribution in [-0.2, 0) is 19.1 Å². The second-order valence-electron chi connectivity index (χ2n) is 9.31. The van der Waals surface area contributed by atoms with Gasteiger partial charge in [-0.3, -0.25) is 14.4 Å². The summed E-state index contributed by atoms with van der Waals surface area (Å²) in [6.07, 6.45) is 2.72. The van der Waals surface area contributed by atoms with E-state index in [0.717, 1.165) is 24.0 Å². The number of nitrogens with one attached hydrogen (secondary N) is 1. The molecule has 1 heterocycles. The van der Waals surface area contributed by atoms with Crippen LogP contribution >= 0.6 is 23.2 Å². The predicted molar refractivity (Wildman–Crippen MR) is 135 cm³/mol. The van der Waals surface area contributed by atoms with Crippen molar-refractivity contribution < 1.29 is 19.1 Å². The molecule has 3 unspecified atom stereocenters. The van der Waals surface area contributed by atoms with Crippen LogP contribution in [0.3, 0.4) is 0 Å². The van der Waals surface area contributed by atoms with Gasteiger partial charge in [0.1, 0.15) is 6.54 Å². The average molecular weight is 517 g/mol. The first-order valence-corrected chi connectivity index (χ1v) is 12.8. The Morgan fingerprint density at radius 2 is 1.80 bits per heavy atom. The zero-order valence-corrected chi connectivity index (χ0v) is 21.2. The Hall–Kier alpha value is -2.57. The van der Waals surface area contributed by atoms with Crippen molar-refractivity contribution in [2.24, 2.45) is 11.8 Å². The summed E-state index contributed by atoms with van der Waals surface area (Å²) in [4.78, 5) is 40.0. The fourth-order valence-corrected chi connectivity index (χ4v) is 5.21. The van der Waals surface area contributed by atoms with Crippen LogP contribution in [0.2, 0.25) is 10.0 Å². The minimum absolute atomic E-state index is 0.0177. The highest BCUT2D eigenvalue weighted by molar-refractivity contribution is 6.30. The summed E-state index contributed by atoms with van der Waals surface area (Å²) in [6.45, 7) is 2.41. The summed E-state index contributed by atoms with van der Waals surface area (Å²) < 4.78 is 4.88. The molecule has 2 amide bonds. The molecule has 35 heavy (non-hydrogen) atoms. The molecule has 0 radical (unpaired) electrons. The molecule has 2 aliphatic rings. The number of benzene rings is 2. The molecule has 2 fully saturated rings. The van der Waals surface area contributed by atoms with Crippen molar-refractivity contribution in [2.45, 2.75) is 44.6 Å². The van der Waals surface area contributed by atoms with Crippen molar-refractivity contribution in [2.75, 3.05) is 19.7 Å². The van der Waals surface area contributed by atoms with Crippen molar-refractivity contribution in [3.05, 3.63) is 69.7 Å². The third-order valence-corrected chi connectivity index (χ3v) is 7.18. The van der Waals surface area contributed by atoms with Crippen LogP contribution in [0.5, 0.6) is 0 Å². The maximum atomic E-state index is 13.8. The third-order valence-electron chi connectivity index (χ3n) is 6.69. The SMILES string of the molecule is CCOC(=O)CNC(=O)CC1CC(c2cccc(Cl)c2)C(c2ccc(Cl)cc2)N(CC2CC2)C1=O. The van der Waals surface area contributed by atoms with Gasteiger partial charge in [-0.05, 0) is 67.5 Å². The number of hydrogen-bond donors (Lipinski definition) is 1. The van der Waals surface area contributed by atoms with Crippen LogP contribution < -0.4 is 5.32 Å². The third kappa shape index (κ3) is 6.56. The second-order valence-corrected chi connectivity index (χ2v) is 10.2. The maximum Gasteiger partial charge on any atom is 0.325 e. The van der Waals surface area contributed by atoms with Crippen LogP contribution in [0.15, 0.2) is 48.5 Å². The molecule has 8 heteroatoms. The van der Waals surface area contributed by atoms with Gasteiger partial charge in [-0.15, -0.1) is 0 Å². The van der Waals surface area contributed by atoms with Crippen molar-refractivity contribution in [3.8, 4) is 0 Å². The lowest BCUT2D eigenvalue weighted by atomic mass is 9.74. The van der Waals surface area contributed by atoms with Gasteiger partial charge in [0.05, 0.1) is 12.6 Å². The van der Waals surface area contributed by atoms with Crippen molar-refractivity contribution in [1.29, 1.82) is 0 Å². The van der Waals surface area contributed by atoms with Crippen LogP contribution in [0.25, 0.3) is 0 Å². The van der Waals surface area contributed by atoms with E-state index in [0.29, 0.717) is 28.9 Å². The van der Waals surface area contributed by atoms with Gasteiger partial charge in [0.2, 0.25) is 11.8 Å². The zero-order chi connectivity index (χ0) is 24.9. The summed E-state index contributed by atoms with van der Waals surface area (Å²) in [7, 11) is 0. The maximum absolute atomic E-state index is 13.8. The lowest BCUT2D eigenvalue weighted by molar-refractivity contribution is -0.146. The van der Waals surface area contributed by atoms with E-state index in [9.17, 15) is 14.4 Å². The first-order valence-electron chi connectivity index (χ1n) is 12.1. The minimum atomic E-state index is -0.497. The zero-order valence-electron chi connectivity index (χ0n) is 19.7. The Balaban J connectivity index is 1.63. The number of ether oxygens (including phenoxy) is 1. The molecule has 2 aromatic carbocycles. The fourth-order valence-electron chi connectivity index (χ4n) is 4.88. The fraction of sp³-hybridized carbons (Fsp3) is 0.444. The largest absolute Gasteiger partial charge is 0.465 e. The number of esters is 1. The quantitative estimate of drug-likeness (QED) is 0.467. The smallest absolute Gasteiger partial charge is 0.325 e. The number of halogens is 2. The van der Waals surface area contributed by atoms with Gasteiger partial charge in [0, 0.05) is 34.8 Å². The van der Waals surface area contributed by atoms with Crippen molar-refractivity contribution in [1.82, 2.24) is 10.2 Å². The number of nitrogens with zero attached hydrogens (tertiary/aromatic N) is 1. The molecular formula is C27H30Cl2N2O4. The van der Waals surface area contributed by atoms with E-state index in [4.69, 9.17) is 27.9 Å². The first kappa shape index (κ1) is 25.5. The standard InChI is InChI=1S/C27H30Cl2N2O4/c1-2-35-25(33)15-30-24(32)14-20-13-23(19-4-3-5-22(29)12-19)26(18-8-10-21(28)11-9-18)31(27(20)34)16-17-6-7-17/h3-5,8-12,17,20,23,26H,2,6-7,13-16H2,1H3,(H,30,32). The van der Waals surface area contributed by atoms with Gasteiger partial charge < -0.3 is 15.0 Å². The molecule has 3 atom stereocenters. The number of likely N-dealkylation sites (tertiary alicyclic amines) is 1. The Labute approximate surface area is 215 Å². The monoisotopic (exact) mass is 516 g/mol. The summed E-state index contributed by atoms with van der Waals surface area (Å²) >= 11 is 12.5. The molecular weight excluding hydrogens is 487 g/mol. The number of hydrogen-bond acceptors (Lipinski definition) is 4. The first-order chi connectivity index (χ1) is 16.9. The molecule has 2 aromatic rings. The molecule has 4 rings (SSSR count). The normalized spacial score (nSPS) is 22.1. The number of amides is 2. The summed E-state index contributed by atoms with van der Waals surface area (Å²) in [5.74, 6) is -0.924. The Morgan fingerprint density at radius 1 is 1.06 bits per heavy atom. The van der Waals surface area contributed by atoms with Gasteiger partial charge in [0.15, 0.2) is 0 Å².